The summed E-state index contributed by atoms with van der Waals surface area (Å²) in [6.45, 7) is 6.30. The van der Waals surface area contributed by atoms with Crippen LogP contribution < -0.4 is 10.5 Å². The molecule has 0 radical (unpaired) electrons. The number of nitrogens with two attached hydrogens (primary N) is 1. The summed E-state index contributed by atoms with van der Waals surface area (Å²) in [7, 11) is 1.73. The van der Waals surface area contributed by atoms with Crippen LogP contribution in [0.15, 0.2) is 22.7 Å². The molecule has 1 unspecified atom stereocenters. The molecule has 1 aromatic rings. The number of rotatable bonds is 8. The fraction of sp³-hybridized carbons (Fsp3) is 0.647. The first-order chi connectivity index (χ1) is 10.1. The molecule has 1 fully saturated rings. The highest BCUT2D eigenvalue weighted by atomic mass is 79.9. The number of benzene rings is 1. The van der Waals surface area contributed by atoms with E-state index in [1.54, 1.807) is 7.11 Å². The van der Waals surface area contributed by atoms with Gasteiger partial charge in [0.15, 0.2) is 0 Å². The Bertz CT molecular complexity index is 460. The van der Waals surface area contributed by atoms with Gasteiger partial charge in [-0.3, -0.25) is 4.90 Å². The van der Waals surface area contributed by atoms with E-state index in [4.69, 9.17) is 10.5 Å². The summed E-state index contributed by atoms with van der Waals surface area (Å²) in [5.74, 6) is 1.65. The highest BCUT2D eigenvalue weighted by molar-refractivity contribution is 9.10. The Kier molecular flexibility index (Phi) is 6.08. The third-order valence-corrected chi connectivity index (χ3v) is 4.65. The number of hydrogen-bond acceptors (Lipinski definition) is 3. The van der Waals surface area contributed by atoms with E-state index in [1.165, 1.54) is 24.8 Å². The predicted octanol–water partition coefficient (Wildman–Crippen LogP) is 3.97. The maximum absolute atomic E-state index is 6.14. The highest BCUT2D eigenvalue weighted by Gasteiger charge is 2.34. The quantitative estimate of drug-likeness (QED) is 0.767. The first-order valence-electron chi connectivity index (χ1n) is 7.86. The second-order valence-corrected chi connectivity index (χ2v) is 7.20. The summed E-state index contributed by atoms with van der Waals surface area (Å²) in [6, 6.07) is 7.13. The van der Waals surface area contributed by atoms with Crippen molar-refractivity contribution in [3.63, 3.8) is 0 Å². The highest BCUT2D eigenvalue weighted by Crippen LogP contribution is 2.38. The SMILES string of the molecule is COc1ccc(Br)cc1C(CN)N(CCC(C)C)C1CC1. The van der Waals surface area contributed by atoms with Crippen LogP contribution >= 0.6 is 15.9 Å². The fourth-order valence-corrected chi connectivity index (χ4v) is 3.19. The smallest absolute Gasteiger partial charge is 0.123 e. The molecule has 0 heterocycles. The van der Waals surface area contributed by atoms with Gasteiger partial charge >= 0.3 is 0 Å². The van der Waals surface area contributed by atoms with Gasteiger partial charge in [-0.2, -0.15) is 0 Å². The topological polar surface area (TPSA) is 38.5 Å². The Labute approximate surface area is 137 Å². The third kappa shape index (κ3) is 4.44. The molecule has 4 heteroatoms. The number of hydrogen-bond donors (Lipinski definition) is 1. The monoisotopic (exact) mass is 354 g/mol. The van der Waals surface area contributed by atoms with Crippen molar-refractivity contribution in [2.45, 2.75) is 45.2 Å². The van der Waals surface area contributed by atoms with Crippen LogP contribution in [0.25, 0.3) is 0 Å². The van der Waals surface area contributed by atoms with Gasteiger partial charge in [-0.25, -0.2) is 0 Å². The molecule has 0 spiro atoms. The minimum atomic E-state index is 0.240. The molecule has 0 bridgehead atoms. The van der Waals surface area contributed by atoms with Crippen molar-refractivity contribution >= 4 is 15.9 Å². The van der Waals surface area contributed by atoms with Crippen molar-refractivity contribution in [3.05, 3.63) is 28.2 Å². The first kappa shape index (κ1) is 16.8. The minimum Gasteiger partial charge on any atom is -0.496 e. The van der Waals surface area contributed by atoms with Gasteiger partial charge in [0.25, 0.3) is 0 Å². The van der Waals surface area contributed by atoms with E-state index >= 15 is 0 Å². The summed E-state index contributed by atoms with van der Waals surface area (Å²) in [4.78, 5) is 2.59. The molecule has 1 aliphatic rings. The lowest BCUT2D eigenvalue weighted by atomic mass is 10.0. The summed E-state index contributed by atoms with van der Waals surface area (Å²) in [5, 5.41) is 0. The van der Waals surface area contributed by atoms with Crippen LogP contribution in [0, 0.1) is 5.92 Å². The van der Waals surface area contributed by atoms with E-state index < -0.39 is 0 Å². The largest absolute Gasteiger partial charge is 0.496 e. The summed E-state index contributed by atoms with van der Waals surface area (Å²) >= 11 is 3.57. The Morgan fingerprint density at radius 1 is 1.38 bits per heavy atom. The second kappa shape index (κ2) is 7.61. The second-order valence-electron chi connectivity index (χ2n) is 6.29. The van der Waals surface area contributed by atoms with Crippen LogP contribution in [0.1, 0.15) is 44.7 Å². The average Bonchev–Trinajstić information content (AvgIpc) is 3.27. The Morgan fingerprint density at radius 3 is 2.62 bits per heavy atom. The molecule has 1 atom stereocenters. The molecule has 2 N–H and O–H groups in total. The molecule has 1 aliphatic carbocycles. The number of methoxy groups -OCH3 is 1. The molecular weight excluding hydrogens is 328 g/mol. The Balaban J connectivity index is 2.25. The molecule has 0 aliphatic heterocycles. The van der Waals surface area contributed by atoms with Gasteiger partial charge in [0.1, 0.15) is 5.75 Å². The van der Waals surface area contributed by atoms with Crippen molar-refractivity contribution in [1.82, 2.24) is 4.90 Å². The van der Waals surface area contributed by atoms with Crippen LogP contribution in [0.2, 0.25) is 0 Å². The van der Waals surface area contributed by atoms with Gasteiger partial charge in [0, 0.05) is 22.6 Å². The third-order valence-electron chi connectivity index (χ3n) is 4.15. The molecule has 0 saturated heterocycles. The van der Waals surface area contributed by atoms with Gasteiger partial charge in [-0.1, -0.05) is 29.8 Å². The lowest BCUT2D eigenvalue weighted by Gasteiger charge is -2.33. The summed E-state index contributed by atoms with van der Waals surface area (Å²) < 4.78 is 6.64. The van der Waals surface area contributed by atoms with Crippen LogP contribution in [-0.2, 0) is 0 Å². The van der Waals surface area contributed by atoms with Crippen LogP contribution in [0.5, 0.6) is 5.75 Å². The normalized spacial score (nSPS) is 16.5. The molecule has 1 saturated carbocycles. The molecule has 1 aromatic carbocycles. The average molecular weight is 355 g/mol. The van der Waals surface area contributed by atoms with Crippen molar-refractivity contribution in [2.75, 3.05) is 20.2 Å². The van der Waals surface area contributed by atoms with Crippen molar-refractivity contribution in [3.8, 4) is 5.75 Å². The Morgan fingerprint density at radius 2 is 2.10 bits per heavy atom. The van der Waals surface area contributed by atoms with E-state index in [0.717, 1.165) is 16.8 Å². The molecule has 118 valence electrons. The number of halogens is 1. The molecular formula is C17H27BrN2O. The number of nitrogens with zero attached hydrogens (tertiary/aromatic N) is 1. The van der Waals surface area contributed by atoms with E-state index in [-0.39, 0.29) is 6.04 Å². The van der Waals surface area contributed by atoms with Crippen LogP contribution in [0.3, 0.4) is 0 Å². The van der Waals surface area contributed by atoms with Crippen molar-refractivity contribution in [1.29, 1.82) is 0 Å². The summed E-state index contributed by atoms with van der Waals surface area (Å²) in [5.41, 5.74) is 7.34. The molecule has 3 nitrogen and oxygen atoms in total. The zero-order chi connectivity index (χ0) is 15.4. The first-order valence-corrected chi connectivity index (χ1v) is 8.65. The van der Waals surface area contributed by atoms with Gasteiger partial charge in [-0.05, 0) is 49.9 Å². The van der Waals surface area contributed by atoms with Crippen LogP contribution in [-0.4, -0.2) is 31.1 Å². The summed E-state index contributed by atoms with van der Waals surface area (Å²) in [6.07, 6.45) is 3.80. The molecule has 21 heavy (non-hydrogen) atoms. The van der Waals surface area contributed by atoms with Gasteiger partial charge in [0.2, 0.25) is 0 Å². The lowest BCUT2D eigenvalue weighted by molar-refractivity contribution is 0.177. The zero-order valence-corrected chi connectivity index (χ0v) is 14.9. The van der Waals surface area contributed by atoms with Crippen LogP contribution in [0.4, 0.5) is 0 Å². The molecule has 2 rings (SSSR count). The van der Waals surface area contributed by atoms with E-state index in [2.05, 4.69) is 40.7 Å². The molecule has 0 aromatic heterocycles. The maximum atomic E-state index is 6.14. The van der Waals surface area contributed by atoms with Crippen molar-refractivity contribution in [2.24, 2.45) is 11.7 Å². The van der Waals surface area contributed by atoms with E-state index in [9.17, 15) is 0 Å². The lowest BCUT2D eigenvalue weighted by Crippen LogP contribution is -2.37. The maximum Gasteiger partial charge on any atom is 0.123 e. The standard InChI is InChI=1S/C17H27BrN2O/c1-12(2)8-9-20(14-5-6-14)16(11-19)15-10-13(18)4-7-17(15)21-3/h4,7,10,12,14,16H,5-6,8-9,11,19H2,1-3H3. The predicted molar refractivity (Wildman–Crippen MR) is 91.7 cm³/mol. The Hall–Kier alpha value is -0.580. The van der Waals surface area contributed by atoms with E-state index in [0.29, 0.717) is 18.5 Å². The van der Waals surface area contributed by atoms with E-state index in [1.807, 2.05) is 12.1 Å². The van der Waals surface area contributed by atoms with Gasteiger partial charge in [0.05, 0.1) is 13.2 Å². The number of ether oxygens (including phenoxy) is 1. The fourth-order valence-electron chi connectivity index (χ4n) is 2.81. The zero-order valence-electron chi connectivity index (χ0n) is 13.3. The molecule has 0 amide bonds. The van der Waals surface area contributed by atoms with Crippen molar-refractivity contribution < 1.29 is 4.74 Å². The minimum absolute atomic E-state index is 0.240. The van der Waals surface area contributed by atoms with Gasteiger partial charge in [-0.15, -0.1) is 0 Å². The van der Waals surface area contributed by atoms with Gasteiger partial charge < -0.3 is 10.5 Å².